The van der Waals surface area contributed by atoms with Crippen molar-refractivity contribution < 1.29 is 5.11 Å². The van der Waals surface area contributed by atoms with Crippen LogP contribution in [0.5, 0.6) is 5.75 Å². The molecule has 0 saturated heterocycles. The van der Waals surface area contributed by atoms with E-state index in [0.29, 0.717) is 0 Å². The predicted octanol–water partition coefficient (Wildman–Crippen LogP) is 7.97. The summed E-state index contributed by atoms with van der Waals surface area (Å²) in [6.07, 6.45) is 5.43. The molecule has 4 rings (SSSR count). The molecule has 0 spiro atoms. The molecule has 0 atom stereocenters. The lowest BCUT2D eigenvalue weighted by Gasteiger charge is -2.21. The second-order valence-corrected chi connectivity index (χ2v) is 7.81. The zero-order valence-electron chi connectivity index (χ0n) is 17.7. The maximum absolute atomic E-state index is 9.04. The summed E-state index contributed by atoms with van der Waals surface area (Å²) >= 11 is 0. The van der Waals surface area contributed by atoms with Gasteiger partial charge in [-0.3, -0.25) is 0 Å². The summed E-state index contributed by atoms with van der Waals surface area (Å²) in [6.45, 7) is 17.7. The molecular formula is C28H30O. The lowest BCUT2D eigenvalue weighted by molar-refractivity contribution is 0.474. The third-order valence-electron chi connectivity index (χ3n) is 4.65. The molecule has 0 radical (unpaired) electrons. The maximum atomic E-state index is 9.04. The van der Waals surface area contributed by atoms with E-state index in [1.165, 1.54) is 27.8 Å². The Morgan fingerprint density at radius 1 is 0.690 bits per heavy atom. The summed E-state index contributed by atoms with van der Waals surface area (Å²) in [5.41, 5.74) is 7.65. The molecule has 1 nitrogen and oxygen atoms in total. The summed E-state index contributed by atoms with van der Waals surface area (Å²) in [7, 11) is 0. The molecule has 2 aromatic rings. The molecule has 0 amide bonds. The maximum Gasteiger partial charge on any atom is 0.122 e. The van der Waals surface area contributed by atoms with E-state index in [9.17, 15) is 0 Å². The molecule has 2 aliphatic carbocycles. The standard InChI is InChI=1S/C12H16.C8H8O.C8H6/c1-5-10-8-6-7-9-11(10)12(2,3)4;1-2-7-5-3-4-6-8(7)9;1-2-6-3-4-7-5-8(6)7/h5-9H,1H2,2-4H3;2-6,9H,1H2;2-5H,1H2. The molecule has 0 aromatic heterocycles. The molecular weight excluding hydrogens is 352 g/mol. The number of rotatable bonds is 3. The van der Waals surface area contributed by atoms with Crippen LogP contribution in [0.25, 0.3) is 29.4 Å². The van der Waals surface area contributed by atoms with Crippen LogP contribution >= 0.6 is 0 Å². The van der Waals surface area contributed by atoms with Gasteiger partial charge in [-0.25, -0.2) is 0 Å². The number of hydrogen-bond acceptors (Lipinski definition) is 1. The second kappa shape index (κ2) is 9.75. The van der Waals surface area contributed by atoms with E-state index in [0.717, 1.165) is 5.56 Å². The van der Waals surface area contributed by atoms with Crippen molar-refractivity contribution >= 4 is 18.2 Å². The van der Waals surface area contributed by atoms with Crippen molar-refractivity contribution in [3.63, 3.8) is 0 Å². The van der Waals surface area contributed by atoms with Gasteiger partial charge in [-0.15, -0.1) is 0 Å². The number of phenols is 1. The topological polar surface area (TPSA) is 20.2 Å². The number of aromatic hydroxyl groups is 1. The molecule has 0 saturated carbocycles. The van der Waals surface area contributed by atoms with Crippen molar-refractivity contribution in [1.82, 2.24) is 0 Å². The molecule has 0 heterocycles. The highest BCUT2D eigenvalue weighted by atomic mass is 16.3. The van der Waals surface area contributed by atoms with Crippen LogP contribution in [-0.4, -0.2) is 5.11 Å². The molecule has 0 fully saturated rings. The largest absolute Gasteiger partial charge is 0.507 e. The van der Waals surface area contributed by atoms with Gasteiger partial charge in [0.15, 0.2) is 0 Å². The Morgan fingerprint density at radius 2 is 1.24 bits per heavy atom. The first-order chi connectivity index (χ1) is 13.8. The van der Waals surface area contributed by atoms with E-state index in [4.69, 9.17) is 5.11 Å². The first-order valence-corrected chi connectivity index (χ1v) is 9.71. The highest BCUT2D eigenvalue weighted by Gasteiger charge is 2.15. The van der Waals surface area contributed by atoms with Crippen molar-refractivity contribution in [2.45, 2.75) is 26.2 Å². The Balaban J connectivity index is 0.000000158. The van der Waals surface area contributed by atoms with Crippen molar-refractivity contribution in [3.8, 4) is 16.9 Å². The Labute approximate surface area is 175 Å². The number of benzene rings is 3. The number of para-hydroxylation sites is 1. The summed E-state index contributed by atoms with van der Waals surface area (Å²) in [6, 6.07) is 21.9. The smallest absolute Gasteiger partial charge is 0.122 e. The zero-order valence-corrected chi connectivity index (χ0v) is 17.7. The van der Waals surface area contributed by atoms with Crippen LogP contribution in [0.4, 0.5) is 0 Å². The van der Waals surface area contributed by atoms with Crippen molar-refractivity contribution in [2.24, 2.45) is 0 Å². The fourth-order valence-electron chi connectivity index (χ4n) is 2.97. The third kappa shape index (κ3) is 6.08. The highest BCUT2D eigenvalue weighted by Crippen LogP contribution is 2.38. The van der Waals surface area contributed by atoms with Gasteiger partial charge >= 0.3 is 0 Å². The van der Waals surface area contributed by atoms with E-state index in [1.54, 1.807) is 18.2 Å². The van der Waals surface area contributed by atoms with Gasteiger partial charge in [0.25, 0.3) is 0 Å². The van der Waals surface area contributed by atoms with Gasteiger partial charge in [0, 0.05) is 5.56 Å². The van der Waals surface area contributed by atoms with Crippen molar-refractivity contribution in [2.75, 3.05) is 0 Å². The Hall–Kier alpha value is -3.32. The quantitative estimate of drug-likeness (QED) is 0.381. The van der Waals surface area contributed by atoms with Crippen molar-refractivity contribution in [3.05, 3.63) is 109 Å². The molecule has 1 heteroatoms. The molecule has 2 aliphatic rings. The van der Waals surface area contributed by atoms with Gasteiger partial charge in [-0.2, -0.15) is 0 Å². The van der Waals surface area contributed by atoms with Crippen LogP contribution in [0.15, 0.2) is 86.5 Å². The van der Waals surface area contributed by atoms with Crippen LogP contribution in [-0.2, 0) is 5.41 Å². The molecule has 148 valence electrons. The minimum atomic E-state index is 0.213. The number of fused-ring (bicyclic) bond motifs is 1. The van der Waals surface area contributed by atoms with Gasteiger partial charge in [-0.1, -0.05) is 113 Å². The predicted molar refractivity (Wildman–Crippen MR) is 129 cm³/mol. The van der Waals surface area contributed by atoms with E-state index in [-0.39, 0.29) is 11.2 Å². The highest BCUT2D eigenvalue weighted by molar-refractivity contribution is 5.89. The normalized spacial score (nSPS) is 10.4. The van der Waals surface area contributed by atoms with Crippen LogP contribution < -0.4 is 0 Å². The van der Waals surface area contributed by atoms with Gasteiger partial charge in [-0.05, 0) is 45.4 Å². The van der Waals surface area contributed by atoms with E-state index in [1.807, 2.05) is 30.4 Å². The molecule has 2 aromatic carbocycles. The van der Waals surface area contributed by atoms with Crippen molar-refractivity contribution in [1.29, 1.82) is 0 Å². The minimum absolute atomic E-state index is 0.213. The van der Waals surface area contributed by atoms with Gasteiger partial charge in [0.1, 0.15) is 5.75 Å². The van der Waals surface area contributed by atoms with Gasteiger partial charge < -0.3 is 5.11 Å². The average Bonchev–Trinajstić information content (AvgIpc) is 3.39. The van der Waals surface area contributed by atoms with Crippen LogP contribution in [0.2, 0.25) is 0 Å². The van der Waals surface area contributed by atoms with Crippen LogP contribution in [0, 0.1) is 0 Å². The first kappa shape index (κ1) is 22.0. The second-order valence-electron chi connectivity index (χ2n) is 7.81. The fourth-order valence-corrected chi connectivity index (χ4v) is 2.97. The summed E-state index contributed by atoms with van der Waals surface area (Å²) in [5.74, 6) is 0.285. The lowest BCUT2D eigenvalue weighted by atomic mass is 9.84. The summed E-state index contributed by atoms with van der Waals surface area (Å²) in [4.78, 5) is 0. The Kier molecular flexibility index (Phi) is 7.39. The van der Waals surface area contributed by atoms with E-state index in [2.05, 4.69) is 76.9 Å². The van der Waals surface area contributed by atoms with Crippen LogP contribution in [0.1, 0.15) is 43.0 Å². The molecule has 0 bridgehead atoms. The third-order valence-corrected chi connectivity index (χ3v) is 4.65. The van der Waals surface area contributed by atoms with Gasteiger partial charge in [0.2, 0.25) is 0 Å². The van der Waals surface area contributed by atoms with Gasteiger partial charge in [0.05, 0.1) is 0 Å². The fraction of sp³-hybridized carbons (Fsp3) is 0.143. The van der Waals surface area contributed by atoms with E-state index >= 15 is 0 Å². The monoisotopic (exact) mass is 382 g/mol. The summed E-state index contributed by atoms with van der Waals surface area (Å²) in [5, 5.41) is 9.04. The Morgan fingerprint density at radius 3 is 1.59 bits per heavy atom. The summed E-state index contributed by atoms with van der Waals surface area (Å²) < 4.78 is 0. The molecule has 0 unspecified atom stereocenters. The molecule has 1 N–H and O–H groups in total. The first-order valence-electron chi connectivity index (χ1n) is 9.71. The number of phenolic OH excluding ortho intramolecular Hbond substituents is 1. The van der Waals surface area contributed by atoms with E-state index < -0.39 is 0 Å². The molecule has 0 aliphatic heterocycles. The number of hydrogen-bond donors (Lipinski definition) is 1. The minimum Gasteiger partial charge on any atom is -0.507 e. The molecule has 29 heavy (non-hydrogen) atoms. The van der Waals surface area contributed by atoms with Crippen LogP contribution in [0.3, 0.4) is 0 Å². The zero-order chi connectivity index (χ0) is 21.4. The average molecular weight is 383 g/mol. The Bertz CT molecular complexity index is 1000. The lowest BCUT2D eigenvalue weighted by Crippen LogP contribution is -2.12. The SMILES string of the molecule is C=Cc1ccc2cc1-2.C=Cc1ccccc1C(C)(C)C.C=Cc1ccccc1O.